The van der Waals surface area contributed by atoms with Crippen molar-refractivity contribution >= 4 is 57.4 Å². The lowest BCUT2D eigenvalue weighted by atomic mass is 9.89. The number of esters is 4. The van der Waals surface area contributed by atoms with E-state index in [0.717, 1.165) is 51.4 Å². The van der Waals surface area contributed by atoms with Crippen molar-refractivity contribution in [1.29, 1.82) is 0 Å². The second-order valence-electron chi connectivity index (χ2n) is 14.9. The van der Waals surface area contributed by atoms with Gasteiger partial charge >= 0.3 is 35.8 Å². The number of carbonyl (C=O) groups is 6. The zero-order valence-corrected chi connectivity index (χ0v) is 33.6. The lowest BCUT2D eigenvalue weighted by Gasteiger charge is -2.16. The molecule has 3 rings (SSSR count). The Morgan fingerprint density at radius 2 is 0.875 bits per heavy atom. The molecule has 0 amide bonds. The summed E-state index contributed by atoms with van der Waals surface area (Å²) in [5.41, 5.74) is -1.93. The third kappa shape index (κ3) is 14.8. The second-order valence-corrected chi connectivity index (χ2v) is 14.9. The Balaban J connectivity index is 1.75. The van der Waals surface area contributed by atoms with Crippen LogP contribution in [0.1, 0.15) is 209 Å². The van der Waals surface area contributed by atoms with E-state index >= 15 is 0 Å². The van der Waals surface area contributed by atoms with E-state index in [4.69, 9.17) is 9.47 Å². The van der Waals surface area contributed by atoms with Gasteiger partial charge in [0.05, 0.1) is 22.3 Å². The average molecular weight is 775 g/mol. The minimum Gasteiger partial charge on any atom is -0.478 e. The largest absolute Gasteiger partial charge is 0.478 e. The Bertz CT molecular complexity index is 1770. The van der Waals surface area contributed by atoms with Gasteiger partial charge in [-0.2, -0.15) is 0 Å². The molecule has 0 heterocycles. The van der Waals surface area contributed by atoms with Crippen LogP contribution in [0.3, 0.4) is 0 Å². The van der Waals surface area contributed by atoms with Gasteiger partial charge < -0.3 is 19.7 Å². The zero-order valence-electron chi connectivity index (χ0n) is 33.6. The molecular formula is C46H62O10. The number of carbonyl (C=O) groups excluding carboxylic acids is 4. The molecular weight excluding hydrogens is 712 g/mol. The monoisotopic (exact) mass is 774 g/mol. The van der Waals surface area contributed by atoms with Gasteiger partial charge in [-0.1, -0.05) is 160 Å². The minimum atomic E-state index is -1.56. The molecule has 0 aliphatic carbocycles. The first-order valence-electron chi connectivity index (χ1n) is 21.1. The van der Waals surface area contributed by atoms with Crippen LogP contribution in [0.2, 0.25) is 0 Å². The Hall–Kier alpha value is -4.60. The molecule has 10 nitrogen and oxygen atoms in total. The average Bonchev–Trinajstić information content (AvgIpc) is 3.17. The van der Waals surface area contributed by atoms with Crippen molar-refractivity contribution in [3.05, 3.63) is 58.7 Å². The predicted molar refractivity (Wildman–Crippen MR) is 218 cm³/mol. The molecule has 56 heavy (non-hydrogen) atoms. The van der Waals surface area contributed by atoms with Gasteiger partial charge in [0.2, 0.25) is 0 Å². The Kier molecular flexibility index (Phi) is 20.9. The number of carboxylic acids is 2. The SMILES string of the molecule is CCCCCCCCCCCCCC(=O)OC(=O)c1ccc2cc3cccc(C(=O)O)c3c(C(=O)O)c2c1C(=O)OC(=O)CCCCCCCCCCCCC. The van der Waals surface area contributed by atoms with E-state index < -0.39 is 52.5 Å². The summed E-state index contributed by atoms with van der Waals surface area (Å²) in [6.07, 6.45) is 23.6. The van der Waals surface area contributed by atoms with Gasteiger partial charge in [-0.25, -0.2) is 19.2 Å². The highest BCUT2D eigenvalue weighted by molar-refractivity contribution is 6.26. The summed E-state index contributed by atoms with van der Waals surface area (Å²) < 4.78 is 10.4. The van der Waals surface area contributed by atoms with Gasteiger partial charge in [0.15, 0.2) is 0 Å². The number of ether oxygens (including phenoxy) is 2. The van der Waals surface area contributed by atoms with E-state index in [0.29, 0.717) is 12.8 Å². The molecule has 0 saturated heterocycles. The van der Waals surface area contributed by atoms with Crippen molar-refractivity contribution in [2.75, 3.05) is 0 Å². The molecule has 0 unspecified atom stereocenters. The molecule has 0 aliphatic rings. The third-order valence-electron chi connectivity index (χ3n) is 10.4. The van der Waals surface area contributed by atoms with Crippen LogP contribution in [-0.2, 0) is 19.1 Å². The summed E-state index contributed by atoms with van der Waals surface area (Å²) in [4.78, 5) is 78.2. The Labute approximate surface area is 331 Å². The lowest BCUT2D eigenvalue weighted by molar-refractivity contribution is -0.139. The van der Waals surface area contributed by atoms with Gasteiger partial charge in [-0.15, -0.1) is 0 Å². The maximum atomic E-state index is 13.9. The Morgan fingerprint density at radius 3 is 1.32 bits per heavy atom. The van der Waals surface area contributed by atoms with Crippen molar-refractivity contribution in [2.45, 2.75) is 168 Å². The van der Waals surface area contributed by atoms with Gasteiger partial charge in [0.25, 0.3) is 0 Å². The maximum absolute atomic E-state index is 13.9. The highest BCUT2D eigenvalue weighted by Gasteiger charge is 2.30. The number of fused-ring (bicyclic) bond motifs is 2. The third-order valence-corrected chi connectivity index (χ3v) is 10.4. The van der Waals surface area contributed by atoms with E-state index in [1.54, 1.807) is 0 Å². The van der Waals surface area contributed by atoms with Gasteiger partial charge in [-0.3, -0.25) is 9.59 Å². The smallest absolute Gasteiger partial charge is 0.347 e. The lowest BCUT2D eigenvalue weighted by Crippen LogP contribution is -2.20. The highest BCUT2D eigenvalue weighted by Crippen LogP contribution is 2.35. The number of hydrogen-bond acceptors (Lipinski definition) is 8. The van der Waals surface area contributed by atoms with E-state index in [-0.39, 0.29) is 39.9 Å². The van der Waals surface area contributed by atoms with Crippen LogP contribution in [-0.4, -0.2) is 46.0 Å². The molecule has 0 aliphatic heterocycles. The van der Waals surface area contributed by atoms with Crippen LogP contribution in [0.25, 0.3) is 21.5 Å². The number of benzene rings is 3. The van der Waals surface area contributed by atoms with Crippen LogP contribution in [0.4, 0.5) is 0 Å². The first-order chi connectivity index (χ1) is 27.1. The number of carboxylic acid groups (broad SMARTS) is 2. The van der Waals surface area contributed by atoms with Crippen LogP contribution in [0, 0.1) is 0 Å². The quantitative estimate of drug-likeness (QED) is 0.0314. The summed E-state index contributed by atoms with van der Waals surface area (Å²) in [7, 11) is 0. The van der Waals surface area contributed by atoms with Crippen molar-refractivity contribution in [1.82, 2.24) is 0 Å². The fraction of sp³-hybridized carbons (Fsp3) is 0.565. The molecule has 0 saturated carbocycles. The fourth-order valence-electron chi connectivity index (χ4n) is 7.33. The van der Waals surface area contributed by atoms with E-state index in [2.05, 4.69) is 13.8 Å². The molecule has 10 heteroatoms. The first kappa shape index (κ1) is 45.8. The van der Waals surface area contributed by atoms with Crippen LogP contribution >= 0.6 is 0 Å². The molecule has 0 fully saturated rings. The summed E-state index contributed by atoms with van der Waals surface area (Å²) in [6, 6.07) is 8.37. The number of aromatic carboxylic acids is 2. The zero-order chi connectivity index (χ0) is 40.7. The van der Waals surface area contributed by atoms with Crippen molar-refractivity contribution in [3.63, 3.8) is 0 Å². The molecule has 3 aromatic carbocycles. The molecule has 0 spiro atoms. The van der Waals surface area contributed by atoms with Crippen LogP contribution in [0.15, 0.2) is 36.4 Å². The number of unbranched alkanes of at least 4 members (excludes halogenated alkanes) is 20. The predicted octanol–water partition coefficient (Wildman–Crippen LogP) is 12.2. The molecule has 0 atom stereocenters. The molecule has 0 radical (unpaired) electrons. The topological polar surface area (TPSA) is 161 Å². The minimum absolute atomic E-state index is 0.0272. The Morgan fingerprint density at radius 1 is 0.446 bits per heavy atom. The van der Waals surface area contributed by atoms with E-state index in [9.17, 15) is 39.0 Å². The van der Waals surface area contributed by atoms with Crippen molar-refractivity contribution in [3.8, 4) is 0 Å². The van der Waals surface area contributed by atoms with Gasteiger partial charge in [-0.05, 0) is 41.8 Å². The van der Waals surface area contributed by atoms with Gasteiger partial charge in [0.1, 0.15) is 0 Å². The number of hydrogen-bond donors (Lipinski definition) is 2. The van der Waals surface area contributed by atoms with E-state index in [1.165, 1.54) is 113 Å². The molecule has 3 aromatic rings. The van der Waals surface area contributed by atoms with Crippen LogP contribution in [0.5, 0.6) is 0 Å². The van der Waals surface area contributed by atoms with E-state index in [1.807, 2.05) is 0 Å². The molecule has 0 bridgehead atoms. The summed E-state index contributed by atoms with van der Waals surface area (Å²) >= 11 is 0. The molecule has 306 valence electrons. The van der Waals surface area contributed by atoms with Crippen molar-refractivity contribution < 1.29 is 48.5 Å². The maximum Gasteiger partial charge on any atom is 0.347 e. The summed E-state index contributed by atoms with van der Waals surface area (Å²) in [6.45, 7) is 4.40. The number of rotatable bonds is 28. The first-order valence-corrected chi connectivity index (χ1v) is 21.1. The fourth-order valence-corrected chi connectivity index (χ4v) is 7.33. The highest BCUT2D eigenvalue weighted by atomic mass is 16.6. The van der Waals surface area contributed by atoms with Gasteiger partial charge in [0, 0.05) is 23.6 Å². The normalized spacial score (nSPS) is 11.2. The molecule has 0 aromatic heterocycles. The summed E-state index contributed by atoms with van der Waals surface area (Å²) in [5.74, 6) is -7.10. The summed E-state index contributed by atoms with van der Waals surface area (Å²) in [5, 5.41) is 20.4. The van der Waals surface area contributed by atoms with Crippen molar-refractivity contribution in [2.24, 2.45) is 0 Å². The van der Waals surface area contributed by atoms with Crippen LogP contribution < -0.4 is 0 Å². The standard InChI is InChI=1S/C46H62O10/c1-3-5-7-9-11-13-15-17-19-21-23-28-37(47)55-45(53)36-31-30-34-32-33-26-25-27-35(43(49)50)39(33)42(44(51)52)40(34)41(36)46(54)56-38(48)29-24-22-20-18-16-14-12-10-8-6-4-2/h25-27,30-32H,3-24,28-29H2,1-2H3,(H,49,50)(H,51,52). The second kappa shape index (κ2) is 25.5. The molecule has 2 N–H and O–H groups in total.